The quantitative estimate of drug-likeness (QED) is 0.678. The number of anilines is 1. The molecule has 1 fully saturated rings. The maximum absolute atomic E-state index is 12.7. The fraction of sp³-hybridized carbons (Fsp3) is 0.111. The van der Waals surface area contributed by atoms with Gasteiger partial charge in [-0.3, -0.25) is 19.9 Å². The molecule has 1 atom stereocenters. The molecule has 1 aliphatic rings. The molecule has 1 heterocycles. The van der Waals surface area contributed by atoms with Crippen molar-refractivity contribution in [3.8, 4) is 0 Å². The van der Waals surface area contributed by atoms with Gasteiger partial charge in [0.25, 0.3) is 5.91 Å². The number of imide groups is 2. The van der Waals surface area contributed by atoms with E-state index < -0.39 is 23.8 Å². The van der Waals surface area contributed by atoms with Gasteiger partial charge in [0.1, 0.15) is 0 Å². The number of hydrogen-bond acceptors (Lipinski definition) is 4. The lowest BCUT2D eigenvalue weighted by molar-refractivity contribution is -0.131. The van der Waals surface area contributed by atoms with Gasteiger partial charge >= 0.3 is 6.03 Å². The molecular weight excluding hydrogens is 342 g/mol. The van der Waals surface area contributed by atoms with Crippen LogP contribution in [0, 0.1) is 12.8 Å². The SMILES string of the molecule is Cc1cccc(N2C(=O)NC(=O)[C@H](C=Nc3cccc(Cl)c3)C2=O)c1. The number of urea groups is 1. The van der Waals surface area contributed by atoms with Crippen molar-refractivity contribution in [2.45, 2.75) is 6.92 Å². The number of benzene rings is 2. The molecule has 2 aromatic rings. The third kappa shape index (κ3) is 3.59. The summed E-state index contributed by atoms with van der Waals surface area (Å²) in [6.07, 6.45) is 1.22. The average molecular weight is 356 g/mol. The van der Waals surface area contributed by atoms with E-state index in [9.17, 15) is 14.4 Å². The van der Waals surface area contributed by atoms with E-state index in [0.29, 0.717) is 16.4 Å². The molecule has 6 nitrogen and oxygen atoms in total. The average Bonchev–Trinajstić information content (AvgIpc) is 2.54. The molecule has 2 aromatic carbocycles. The fourth-order valence-electron chi connectivity index (χ4n) is 2.45. The minimum absolute atomic E-state index is 0.399. The number of rotatable bonds is 3. The van der Waals surface area contributed by atoms with E-state index in [2.05, 4.69) is 10.3 Å². The van der Waals surface area contributed by atoms with Gasteiger partial charge in [0.15, 0.2) is 5.92 Å². The predicted octanol–water partition coefficient (Wildman–Crippen LogP) is 3.25. The van der Waals surface area contributed by atoms with Crippen LogP contribution in [0.5, 0.6) is 0 Å². The molecule has 7 heteroatoms. The number of halogens is 1. The van der Waals surface area contributed by atoms with Crippen LogP contribution < -0.4 is 10.2 Å². The summed E-state index contributed by atoms with van der Waals surface area (Å²) in [5.74, 6) is -2.55. The van der Waals surface area contributed by atoms with Crippen LogP contribution in [0.3, 0.4) is 0 Å². The molecule has 25 heavy (non-hydrogen) atoms. The number of amides is 4. The maximum Gasteiger partial charge on any atom is 0.335 e. The lowest BCUT2D eigenvalue weighted by atomic mass is 10.1. The molecule has 0 aliphatic carbocycles. The summed E-state index contributed by atoms with van der Waals surface area (Å²) in [6.45, 7) is 1.85. The van der Waals surface area contributed by atoms with Gasteiger partial charge in [0, 0.05) is 11.2 Å². The number of nitrogens with one attached hydrogen (secondary N) is 1. The first kappa shape index (κ1) is 16.9. The summed E-state index contributed by atoms with van der Waals surface area (Å²) in [5, 5.41) is 2.68. The number of aliphatic imine (C=N–C) groups is 1. The van der Waals surface area contributed by atoms with Crippen molar-refractivity contribution < 1.29 is 14.4 Å². The Labute approximate surface area is 149 Å². The first-order valence-corrected chi connectivity index (χ1v) is 7.89. The summed E-state index contributed by atoms with van der Waals surface area (Å²) in [6, 6.07) is 12.8. The van der Waals surface area contributed by atoms with E-state index in [1.54, 1.807) is 42.5 Å². The molecule has 1 N–H and O–H groups in total. The topological polar surface area (TPSA) is 78.8 Å². The summed E-state index contributed by atoms with van der Waals surface area (Å²) in [5.41, 5.74) is 1.79. The van der Waals surface area contributed by atoms with Crippen LogP contribution in [0.25, 0.3) is 0 Å². The van der Waals surface area contributed by atoms with Crippen LogP contribution in [0.15, 0.2) is 53.5 Å². The standard InChI is InChI=1S/C18H14ClN3O3/c1-11-4-2-7-14(8-11)22-17(24)15(16(23)21-18(22)25)10-20-13-6-3-5-12(19)9-13/h2-10,15H,1H3,(H,21,23,25)/t15-/m0/s1. The lowest BCUT2D eigenvalue weighted by Gasteiger charge is -2.28. The molecule has 1 saturated heterocycles. The number of hydrogen-bond donors (Lipinski definition) is 1. The monoisotopic (exact) mass is 355 g/mol. The first-order valence-electron chi connectivity index (χ1n) is 7.51. The predicted molar refractivity (Wildman–Crippen MR) is 95.3 cm³/mol. The van der Waals surface area contributed by atoms with Gasteiger partial charge in [-0.1, -0.05) is 29.8 Å². The Hall–Kier alpha value is -2.99. The van der Waals surface area contributed by atoms with Gasteiger partial charge in [-0.15, -0.1) is 0 Å². The van der Waals surface area contributed by atoms with Crippen LogP contribution >= 0.6 is 11.6 Å². The highest BCUT2D eigenvalue weighted by atomic mass is 35.5. The Balaban J connectivity index is 1.90. The second-order valence-electron chi connectivity index (χ2n) is 5.54. The van der Waals surface area contributed by atoms with Gasteiger partial charge in [-0.25, -0.2) is 9.69 Å². The molecule has 0 aromatic heterocycles. The molecule has 0 bridgehead atoms. The summed E-state index contributed by atoms with van der Waals surface area (Å²) in [4.78, 5) is 41.9. The molecule has 126 valence electrons. The smallest absolute Gasteiger partial charge is 0.276 e. The van der Waals surface area contributed by atoms with Crippen molar-refractivity contribution in [2.75, 3.05) is 4.90 Å². The summed E-state index contributed by atoms with van der Waals surface area (Å²) >= 11 is 5.89. The second kappa shape index (κ2) is 6.86. The highest BCUT2D eigenvalue weighted by Crippen LogP contribution is 2.22. The van der Waals surface area contributed by atoms with Crippen LogP contribution in [0.4, 0.5) is 16.2 Å². The molecular formula is C18H14ClN3O3. The molecule has 4 amide bonds. The highest BCUT2D eigenvalue weighted by Gasteiger charge is 2.40. The van der Waals surface area contributed by atoms with Crippen LogP contribution in [0.1, 0.15) is 5.56 Å². The Morgan fingerprint density at radius 3 is 2.60 bits per heavy atom. The van der Waals surface area contributed by atoms with Gasteiger partial charge in [0.2, 0.25) is 5.91 Å². The second-order valence-corrected chi connectivity index (χ2v) is 5.98. The van der Waals surface area contributed by atoms with Crippen molar-refractivity contribution in [1.82, 2.24) is 5.32 Å². The van der Waals surface area contributed by atoms with E-state index in [1.165, 1.54) is 6.21 Å². The molecule has 0 saturated carbocycles. The van der Waals surface area contributed by atoms with Crippen LogP contribution in [0.2, 0.25) is 5.02 Å². The number of aryl methyl sites for hydroxylation is 1. The Morgan fingerprint density at radius 2 is 1.88 bits per heavy atom. The summed E-state index contributed by atoms with van der Waals surface area (Å²) in [7, 11) is 0. The number of barbiturate groups is 1. The van der Waals surface area contributed by atoms with Crippen molar-refractivity contribution >= 4 is 47.0 Å². The van der Waals surface area contributed by atoms with Gasteiger partial charge in [-0.05, 0) is 42.8 Å². The minimum atomic E-state index is -1.20. The Kier molecular flexibility index (Phi) is 4.63. The van der Waals surface area contributed by atoms with Crippen molar-refractivity contribution in [2.24, 2.45) is 10.9 Å². The normalized spacial score (nSPS) is 17.9. The third-order valence-electron chi connectivity index (χ3n) is 3.64. The minimum Gasteiger partial charge on any atom is -0.276 e. The van der Waals surface area contributed by atoms with E-state index in [-0.39, 0.29) is 0 Å². The van der Waals surface area contributed by atoms with Crippen LogP contribution in [-0.2, 0) is 9.59 Å². The van der Waals surface area contributed by atoms with Gasteiger partial charge < -0.3 is 0 Å². The fourth-order valence-corrected chi connectivity index (χ4v) is 2.63. The zero-order valence-corrected chi connectivity index (χ0v) is 14.0. The van der Waals surface area contributed by atoms with Crippen LogP contribution in [-0.4, -0.2) is 24.1 Å². The third-order valence-corrected chi connectivity index (χ3v) is 3.88. The molecule has 3 rings (SSSR count). The Morgan fingerprint density at radius 1 is 1.12 bits per heavy atom. The first-order chi connectivity index (χ1) is 12.0. The van der Waals surface area contributed by atoms with Crippen molar-refractivity contribution in [1.29, 1.82) is 0 Å². The Bertz CT molecular complexity index is 895. The number of carbonyl (C=O) groups is 3. The van der Waals surface area contributed by atoms with Gasteiger partial charge in [-0.2, -0.15) is 0 Å². The van der Waals surface area contributed by atoms with E-state index >= 15 is 0 Å². The van der Waals surface area contributed by atoms with Crippen molar-refractivity contribution in [3.05, 3.63) is 59.1 Å². The molecule has 0 unspecified atom stereocenters. The zero-order valence-electron chi connectivity index (χ0n) is 13.3. The molecule has 0 spiro atoms. The van der Waals surface area contributed by atoms with Gasteiger partial charge in [0.05, 0.1) is 11.4 Å². The maximum atomic E-state index is 12.7. The highest BCUT2D eigenvalue weighted by molar-refractivity contribution is 6.33. The lowest BCUT2D eigenvalue weighted by Crippen LogP contribution is -2.58. The van der Waals surface area contributed by atoms with E-state index in [0.717, 1.165) is 10.5 Å². The molecule has 1 aliphatic heterocycles. The zero-order chi connectivity index (χ0) is 18.0. The molecule has 0 radical (unpaired) electrons. The summed E-state index contributed by atoms with van der Waals surface area (Å²) < 4.78 is 0. The van der Waals surface area contributed by atoms with E-state index in [1.807, 2.05) is 13.0 Å². The van der Waals surface area contributed by atoms with Crippen molar-refractivity contribution in [3.63, 3.8) is 0 Å². The van der Waals surface area contributed by atoms with E-state index in [4.69, 9.17) is 11.6 Å². The largest absolute Gasteiger partial charge is 0.335 e. The number of carbonyl (C=O) groups excluding carboxylic acids is 3. The number of nitrogens with zero attached hydrogens (tertiary/aromatic N) is 2.